The number of quaternary nitrogens is 1. The number of piperazine rings is 1. The van der Waals surface area contributed by atoms with Crippen LogP contribution in [0.1, 0.15) is 6.42 Å². The number of nitrogens with zero attached hydrogens (tertiary/aromatic N) is 2. The van der Waals surface area contributed by atoms with Crippen molar-refractivity contribution in [3.05, 3.63) is 59.6 Å². The van der Waals surface area contributed by atoms with Gasteiger partial charge in [-0.3, -0.25) is 0 Å². The van der Waals surface area contributed by atoms with Gasteiger partial charge in [-0.05, 0) is 36.4 Å². The van der Waals surface area contributed by atoms with Crippen LogP contribution in [0.25, 0.3) is 0 Å². The lowest BCUT2D eigenvalue weighted by Gasteiger charge is -2.34. The van der Waals surface area contributed by atoms with Crippen molar-refractivity contribution in [3.63, 3.8) is 0 Å². The van der Waals surface area contributed by atoms with Crippen LogP contribution in [-0.4, -0.2) is 67.2 Å². The molecule has 11 heteroatoms. The van der Waals surface area contributed by atoms with Crippen molar-refractivity contribution in [1.29, 1.82) is 0 Å². The minimum Gasteiger partial charge on any atom is -0.545 e. The minimum absolute atomic E-state index is 0.301. The number of amides is 2. The van der Waals surface area contributed by atoms with Crippen LogP contribution in [-0.2, 0) is 9.59 Å². The van der Waals surface area contributed by atoms with Crippen molar-refractivity contribution in [2.45, 2.75) is 16.2 Å². The number of carbonyl (C=O) groups is 3. The molecule has 0 saturated carbocycles. The molecule has 0 bridgehead atoms. The lowest BCUT2D eigenvalue weighted by atomic mass is 10.2. The second-order valence-corrected chi connectivity index (χ2v) is 9.52. The van der Waals surface area contributed by atoms with E-state index in [2.05, 4.69) is 41.3 Å². The minimum atomic E-state index is -1.51. The maximum Gasteiger partial charge on any atom is 0.328 e. The van der Waals surface area contributed by atoms with Crippen molar-refractivity contribution in [2.75, 3.05) is 44.2 Å². The average molecular weight is 519 g/mol. The molecule has 0 spiro atoms. The van der Waals surface area contributed by atoms with E-state index in [9.17, 15) is 19.5 Å². The molecule has 0 radical (unpaired) electrons. The van der Waals surface area contributed by atoms with Gasteiger partial charge in [-0.1, -0.05) is 35.5 Å². The molecule has 2 aliphatic rings. The molecule has 1 fully saturated rings. The fraction of sp³-hybridized carbons (Fsp3) is 0.292. The number of anilines is 2. The van der Waals surface area contributed by atoms with Crippen molar-refractivity contribution < 1.29 is 29.5 Å². The molecule has 2 aliphatic heterocycles. The Hall–Kier alpha value is -3.21. The number of hydrogen-bond donors (Lipinski definition) is 3. The molecule has 9 nitrogen and oxygen atoms in total. The number of hydrogen-bond acceptors (Lipinski definition) is 6. The van der Waals surface area contributed by atoms with Gasteiger partial charge in [0.05, 0.1) is 50.1 Å². The summed E-state index contributed by atoms with van der Waals surface area (Å²) in [4.78, 5) is 38.4. The summed E-state index contributed by atoms with van der Waals surface area (Å²) in [6.07, 6.45) is 2.02. The van der Waals surface area contributed by atoms with Crippen molar-refractivity contribution >= 4 is 52.7 Å². The van der Waals surface area contributed by atoms with Crippen LogP contribution >= 0.6 is 23.4 Å². The van der Waals surface area contributed by atoms with E-state index in [0.717, 1.165) is 50.7 Å². The summed E-state index contributed by atoms with van der Waals surface area (Å²) < 4.78 is 0. The predicted octanol–water partition coefficient (Wildman–Crippen LogP) is 0.989. The number of rotatable bonds is 6. The van der Waals surface area contributed by atoms with Crippen LogP contribution in [0, 0.1) is 0 Å². The fourth-order valence-electron chi connectivity index (χ4n) is 3.96. The first-order valence-electron chi connectivity index (χ1n) is 11.1. The van der Waals surface area contributed by atoms with Crippen LogP contribution in [0.2, 0.25) is 5.02 Å². The van der Waals surface area contributed by atoms with Crippen LogP contribution in [0.4, 0.5) is 16.2 Å². The first-order chi connectivity index (χ1) is 16.7. The highest BCUT2D eigenvalue weighted by molar-refractivity contribution is 7.99. The van der Waals surface area contributed by atoms with Gasteiger partial charge in [0.1, 0.15) is 0 Å². The molecule has 2 aromatic carbocycles. The van der Waals surface area contributed by atoms with E-state index >= 15 is 0 Å². The van der Waals surface area contributed by atoms with E-state index in [1.165, 1.54) is 21.2 Å². The van der Waals surface area contributed by atoms with Gasteiger partial charge in [0.25, 0.3) is 0 Å². The van der Waals surface area contributed by atoms with Gasteiger partial charge >= 0.3 is 12.0 Å². The fourth-order valence-corrected chi connectivity index (χ4v) is 5.21. The molecule has 0 unspecified atom stereocenters. The number of nitrogens with one attached hydrogen (secondary N) is 1. The zero-order chi connectivity index (χ0) is 25.4. The summed E-state index contributed by atoms with van der Waals surface area (Å²) in [6, 6.07) is 14.4. The lowest BCUT2D eigenvalue weighted by molar-refractivity contribution is -0.904. The van der Waals surface area contributed by atoms with Gasteiger partial charge in [0.2, 0.25) is 0 Å². The monoisotopic (exact) mass is 518 g/mol. The molecule has 0 atom stereocenters. The summed E-state index contributed by atoms with van der Waals surface area (Å²) in [6.45, 7) is 5.50. The molecule has 1 saturated heterocycles. The molecule has 0 aromatic heterocycles. The number of carboxylic acid groups (broad SMARTS) is 2. The molecular formula is C24H27ClN4O5S. The van der Waals surface area contributed by atoms with Gasteiger partial charge in [0.15, 0.2) is 0 Å². The lowest BCUT2D eigenvalue weighted by Crippen LogP contribution is -3.15. The first kappa shape index (κ1) is 26.4. The number of para-hydroxylation sites is 1. The Morgan fingerprint density at radius 2 is 1.77 bits per heavy atom. The third kappa shape index (κ3) is 7.64. The van der Waals surface area contributed by atoms with Crippen molar-refractivity contribution in [3.8, 4) is 0 Å². The quantitative estimate of drug-likeness (QED) is 0.486. The number of primary amides is 1. The van der Waals surface area contributed by atoms with E-state index in [1.807, 2.05) is 6.07 Å². The Bertz CT molecular complexity index is 1090. The van der Waals surface area contributed by atoms with Crippen LogP contribution < -0.4 is 20.6 Å². The van der Waals surface area contributed by atoms with E-state index in [-0.39, 0.29) is 6.03 Å². The van der Waals surface area contributed by atoms with Gasteiger partial charge in [-0.25, -0.2) is 9.59 Å². The Balaban J connectivity index is 0.000000371. The molecule has 2 amide bonds. The summed E-state index contributed by atoms with van der Waals surface area (Å²) in [5, 5.41) is 18.0. The van der Waals surface area contributed by atoms with Gasteiger partial charge in [0, 0.05) is 33.9 Å². The highest BCUT2D eigenvalue weighted by atomic mass is 35.5. The highest BCUT2D eigenvalue weighted by Gasteiger charge is 2.25. The number of halogens is 1. The third-order valence-electron chi connectivity index (χ3n) is 5.64. The summed E-state index contributed by atoms with van der Waals surface area (Å²) in [7, 11) is 0. The van der Waals surface area contributed by atoms with E-state index in [0.29, 0.717) is 12.2 Å². The third-order valence-corrected chi connectivity index (χ3v) is 7.01. The smallest absolute Gasteiger partial charge is 0.328 e. The maximum atomic E-state index is 11.3. The van der Waals surface area contributed by atoms with Gasteiger partial charge in [-0.15, -0.1) is 0 Å². The molecule has 35 heavy (non-hydrogen) atoms. The molecule has 2 heterocycles. The second-order valence-electron chi connectivity index (χ2n) is 8.00. The van der Waals surface area contributed by atoms with Gasteiger partial charge < -0.3 is 35.4 Å². The Kier molecular flexibility index (Phi) is 9.41. The summed E-state index contributed by atoms with van der Waals surface area (Å²) in [5.41, 5.74) is 7.82. The summed E-state index contributed by atoms with van der Waals surface area (Å²) >= 11 is 8.09. The first-order valence-corrected chi connectivity index (χ1v) is 12.3. The molecule has 2 aromatic rings. The van der Waals surface area contributed by atoms with E-state index < -0.39 is 11.9 Å². The number of benzene rings is 2. The second kappa shape index (κ2) is 12.5. The normalized spacial score (nSPS) is 15.1. The Morgan fingerprint density at radius 1 is 1.09 bits per heavy atom. The molecular weight excluding hydrogens is 492 g/mol. The topological polar surface area (TPSA) is 131 Å². The van der Waals surface area contributed by atoms with Crippen LogP contribution in [0.15, 0.2) is 64.4 Å². The highest BCUT2D eigenvalue weighted by Crippen LogP contribution is 2.48. The predicted molar refractivity (Wildman–Crippen MR) is 132 cm³/mol. The number of fused-ring (bicyclic) bond motifs is 2. The zero-order valence-corrected chi connectivity index (χ0v) is 20.6. The van der Waals surface area contributed by atoms with E-state index in [1.54, 1.807) is 21.6 Å². The molecule has 0 aliphatic carbocycles. The largest absolute Gasteiger partial charge is 0.545 e. The number of urea groups is 1. The zero-order valence-electron chi connectivity index (χ0n) is 19.0. The molecule has 4 N–H and O–H groups in total. The number of carbonyl (C=O) groups excluding carboxylic acids is 2. The maximum absolute atomic E-state index is 11.3. The number of aliphatic carboxylic acids is 2. The Morgan fingerprint density at radius 3 is 2.40 bits per heavy atom. The van der Waals surface area contributed by atoms with Crippen molar-refractivity contribution in [1.82, 2.24) is 4.90 Å². The van der Waals surface area contributed by atoms with Crippen LogP contribution in [0.5, 0.6) is 0 Å². The average Bonchev–Trinajstić information content (AvgIpc) is 2.83. The van der Waals surface area contributed by atoms with E-state index in [4.69, 9.17) is 22.4 Å². The standard InChI is InChI=1S/C20H23ClN4OS.C4H4O4/c21-15-6-7-19-17(14-15)25(16-4-1-2-5-18(16)27-19)9-3-8-23-10-12-24(13-11-23)20(22)26;5-3(6)1-2-4(7)8/h1-2,4-7,14H,3,8-13H2,(H2,22,26);1-2H,(H,5,6)(H,7,8)/b;2-1+. The SMILES string of the molecule is NC(=O)N1CC[NH+](CCCN2c3ccccc3Sc3ccc(Cl)cc32)CC1.O=C([O-])/C=C/C(=O)O. The molecule has 4 rings (SSSR count). The van der Waals surface area contributed by atoms with Crippen molar-refractivity contribution in [2.24, 2.45) is 5.73 Å². The van der Waals surface area contributed by atoms with Gasteiger partial charge in [-0.2, -0.15) is 0 Å². The Labute approximate surface area is 212 Å². The number of carboxylic acids is 2. The molecule has 186 valence electrons. The van der Waals surface area contributed by atoms with Crippen LogP contribution in [0.3, 0.4) is 0 Å². The number of nitrogens with two attached hydrogens (primary N) is 1. The summed E-state index contributed by atoms with van der Waals surface area (Å²) in [5.74, 6) is -2.80.